The van der Waals surface area contributed by atoms with Crippen molar-refractivity contribution in [1.82, 2.24) is 5.32 Å². The Morgan fingerprint density at radius 3 is 2.06 bits per heavy atom. The van der Waals surface area contributed by atoms with Gasteiger partial charge in [0.05, 0.1) is 10.5 Å². The molecule has 0 aliphatic heterocycles. The van der Waals surface area contributed by atoms with Crippen LogP contribution in [-0.2, 0) is 22.8 Å². The number of phenols is 1. The van der Waals surface area contributed by atoms with Crippen LogP contribution in [0.5, 0.6) is 5.75 Å². The highest BCUT2D eigenvalue weighted by Crippen LogP contribution is 2.28. The zero-order valence-corrected chi connectivity index (χ0v) is 19.7. The molecule has 4 rings (SSSR count). The van der Waals surface area contributed by atoms with E-state index in [2.05, 4.69) is 5.32 Å². The van der Waals surface area contributed by atoms with E-state index in [1.54, 1.807) is 48.5 Å². The maximum atomic E-state index is 12.7. The molecule has 0 aliphatic carbocycles. The average Bonchev–Trinajstić information content (AvgIpc) is 2.83. The van der Waals surface area contributed by atoms with Gasteiger partial charge in [-0.1, -0.05) is 30.3 Å². The molecule has 0 unspecified atom stereocenters. The largest absolute Gasteiger partial charge is 0.508 e. The van der Waals surface area contributed by atoms with E-state index < -0.39 is 15.8 Å². The monoisotopic (exact) mass is 489 g/mol. The predicted octanol–water partition coefficient (Wildman–Crippen LogP) is 4.17. The van der Waals surface area contributed by atoms with Gasteiger partial charge in [0.25, 0.3) is 5.91 Å². The Morgan fingerprint density at radius 1 is 0.800 bits per heavy atom. The molecule has 8 heteroatoms. The van der Waals surface area contributed by atoms with E-state index in [0.29, 0.717) is 17.5 Å². The van der Waals surface area contributed by atoms with Gasteiger partial charge in [0, 0.05) is 24.8 Å². The molecule has 178 valence electrons. The number of rotatable bonds is 7. The summed E-state index contributed by atoms with van der Waals surface area (Å²) in [5.41, 5.74) is 2.92. The number of nitrogens with one attached hydrogen (secondary N) is 1. The molecular weight excluding hydrogens is 466 g/mol. The molecule has 0 saturated heterocycles. The normalized spacial score (nSPS) is 11.3. The summed E-state index contributed by atoms with van der Waals surface area (Å²) in [6.45, 7) is 0.244. The second-order valence-electron chi connectivity index (χ2n) is 8.32. The van der Waals surface area contributed by atoms with Gasteiger partial charge in [0.1, 0.15) is 5.75 Å². The predicted molar refractivity (Wildman–Crippen MR) is 133 cm³/mol. The fraction of sp³-hybridized carbons (Fsp3) is 0.111. The molecule has 7 nitrogen and oxygen atoms in total. The lowest BCUT2D eigenvalue weighted by Crippen LogP contribution is -2.22. The molecule has 0 bridgehead atoms. The van der Waals surface area contributed by atoms with Crippen LogP contribution in [0, 0.1) is 0 Å². The van der Waals surface area contributed by atoms with Gasteiger partial charge < -0.3 is 15.5 Å². The third kappa shape index (κ3) is 5.67. The summed E-state index contributed by atoms with van der Waals surface area (Å²) in [5.74, 6) is -1.16. The Morgan fingerprint density at radius 2 is 1.43 bits per heavy atom. The zero-order valence-electron chi connectivity index (χ0n) is 18.9. The molecule has 0 aromatic heterocycles. The highest BCUT2D eigenvalue weighted by molar-refractivity contribution is 7.90. The van der Waals surface area contributed by atoms with Crippen molar-refractivity contribution in [3.8, 4) is 5.75 Å². The summed E-state index contributed by atoms with van der Waals surface area (Å²) in [6.07, 6.45) is 1.55. The molecule has 35 heavy (non-hydrogen) atoms. The number of amides is 1. The zero-order chi connectivity index (χ0) is 25.2. The van der Waals surface area contributed by atoms with Gasteiger partial charge in [-0.25, -0.2) is 13.2 Å². The summed E-state index contributed by atoms with van der Waals surface area (Å²) in [4.78, 5) is 24.0. The maximum Gasteiger partial charge on any atom is 0.335 e. The second kappa shape index (κ2) is 9.60. The molecular formula is C27H23NO6S. The van der Waals surface area contributed by atoms with E-state index in [1.807, 2.05) is 6.07 Å². The third-order valence-electron chi connectivity index (χ3n) is 5.70. The number of benzene rings is 4. The van der Waals surface area contributed by atoms with Gasteiger partial charge in [-0.3, -0.25) is 4.79 Å². The minimum absolute atomic E-state index is 0.120. The van der Waals surface area contributed by atoms with Crippen molar-refractivity contribution in [3.63, 3.8) is 0 Å². The minimum atomic E-state index is -3.28. The molecule has 0 spiro atoms. The van der Waals surface area contributed by atoms with E-state index in [4.69, 9.17) is 5.11 Å². The van der Waals surface area contributed by atoms with E-state index >= 15 is 0 Å². The van der Waals surface area contributed by atoms with Gasteiger partial charge in [0.15, 0.2) is 9.84 Å². The third-order valence-corrected chi connectivity index (χ3v) is 6.83. The fourth-order valence-electron chi connectivity index (χ4n) is 3.74. The van der Waals surface area contributed by atoms with Crippen molar-refractivity contribution in [1.29, 1.82) is 0 Å². The van der Waals surface area contributed by atoms with Crippen LogP contribution in [0.2, 0.25) is 0 Å². The van der Waals surface area contributed by atoms with Crippen LogP contribution in [0.4, 0.5) is 0 Å². The first-order chi connectivity index (χ1) is 16.6. The molecule has 4 aromatic rings. The van der Waals surface area contributed by atoms with Gasteiger partial charge in [0.2, 0.25) is 0 Å². The summed E-state index contributed by atoms with van der Waals surface area (Å²) in [7, 11) is -3.28. The first-order valence-corrected chi connectivity index (χ1v) is 12.6. The lowest BCUT2D eigenvalue weighted by molar-refractivity contribution is 0.0696. The second-order valence-corrected chi connectivity index (χ2v) is 10.3. The maximum absolute atomic E-state index is 12.7. The van der Waals surface area contributed by atoms with E-state index in [1.165, 1.54) is 24.3 Å². The Balaban J connectivity index is 1.50. The number of hydrogen-bond donors (Lipinski definition) is 3. The molecule has 0 aliphatic rings. The van der Waals surface area contributed by atoms with E-state index in [9.17, 15) is 23.1 Å². The van der Waals surface area contributed by atoms with E-state index in [0.717, 1.165) is 28.2 Å². The molecule has 4 aromatic carbocycles. The van der Waals surface area contributed by atoms with Crippen LogP contribution in [0.25, 0.3) is 10.8 Å². The lowest BCUT2D eigenvalue weighted by atomic mass is 9.98. The van der Waals surface area contributed by atoms with Gasteiger partial charge in [-0.2, -0.15) is 0 Å². The number of aromatic hydroxyl groups is 1. The van der Waals surface area contributed by atoms with Crippen molar-refractivity contribution < 1.29 is 28.2 Å². The number of sulfone groups is 1. The smallest absolute Gasteiger partial charge is 0.335 e. The van der Waals surface area contributed by atoms with Crippen LogP contribution < -0.4 is 5.32 Å². The Kier molecular flexibility index (Phi) is 6.57. The van der Waals surface area contributed by atoms with E-state index in [-0.39, 0.29) is 28.7 Å². The molecule has 1 amide bonds. The van der Waals surface area contributed by atoms with Crippen LogP contribution in [0.1, 0.15) is 37.4 Å². The number of aromatic carboxylic acids is 1. The molecule has 0 radical (unpaired) electrons. The molecule has 0 atom stereocenters. The molecule has 0 heterocycles. The van der Waals surface area contributed by atoms with Crippen LogP contribution in [-0.4, -0.2) is 36.8 Å². The summed E-state index contributed by atoms with van der Waals surface area (Å²) in [6, 6.07) is 21.4. The first kappa shape index (κ1) is 24.0. The van der Waals surface area contributed by atoms with Gasteiger partial charge in [-0.05, 0) is 76.0 Å². The van der Waals surface area contributed by atoms with Crippen LogP contribution >= 0.6 is 0 Å². The van der Waals surface area contributed by atoms with Gasteiger partial charge in [-0.15, -0.1) is 0 Å². The standard InChI is InChI=1S/C27H23NO6S/c1-35(33,34)24-10-4-18(5-11-24)16-28-26(30)21-9-8-20-15-25(29)23(14-22(20)13-21)12-17-2-6-19(7-3-17)27(31)32/h2-11,13-15,29H,12,16H2,1H3,(H,28,30)(H,31,32). The number of phenolic OH excluding ortho intramolecular Hbond substituents is 1. The first-order valence-electron chi connectivity index (χ1n) is 10.8. The molecule has 3 N–H and O–H groups in total. The number of carbonyl (C=O) groups is 2. The number of fused-ring (bicyclic) bond motifs is 1. The molecule has 0 fully saturated rings. The topological polar surface area (TPSA) is 121 Å². The van der Waals surface area contributed by atoms with Gasteiger partial charge >= 0.3 is 5.97 Å². The highest BCUT2D eigenvalue weighted by atomic mass is 32.2. The lowest BCUT2D eigenvalue weighted by Gasteiger charge is -2.10. The number of carbonyl (C=O) groups excluding carboxylic acids is 1. The van der Waals surface area contributed by atoms with Crippen molar-refractivity contribution in [2.45, 2.75) is 17.9 Å². The Labute approximate surface area is 202 Å². The quantitative estimate of drug-likeness (QED) is 0.358. The van der Waals surface area contributed by atoms with Crippen molar-refractivity contribution in [2.24, 2.45) is 0 Å². The van der Waals surface area contributed by atoms with Crippen LogP contribution in [0.15, 0.2) is 83.8 Å². The average molecular weight is 490 g/mol. The summed E-state index contributed by atoms with van der Waals surface area (Å²) < 4.78 is 23.2. The SMILES string of the molecule is CS(=O)(=O)c1ccc(CNC(=O)c2ccc3cc(O)c(Cc4ccc(C(=O)O)cc4)cc3c2)cc1. The Hall–Kier alpha value is -4.17. The summed E-state index contributed by atoms with van der Waals surface area (Å²) >= 11 is 0. The minimum Gasteiger partial charge on any atom is -0.508 e. The number of carboxylic acid groups (broad SMARTS) is 1. The molecule has 0 saturated carbocycles. The fourth-order valence-corrected chi connectivity index (χ4v) is 4.37. The van der Waals surface area contributed by atoms with Crippen molar-refractivity contribution >= 4 is 32.5 Å². The summed E-state index contributed by atoms with van der Waals surface area (Å²) in [5, 5.41) is 23.9. The highest BCUT2D eigenvalue weighted by Gasteiger charge is 2.11. The Bertz CT molecular complexity index is 1520. The van der Waals surface area contributed by atoms with Crippen LogP contribution in [0.3, 0.4) is 0 Å². The van der Waals surface area contributed by atoms with Crippen molar-refractivity contribution in [3.05, 3.63) is 107 Å². The van der Waals surface area contributed by atoms with Crippen molar-refractivity contribution in [2.75, 3.05) is 6.26 Å². The number of carboxylic acids is 1. The number of hydrogen-bond acceptors (Lipinski definition) is 5.